The Morgan fingerprint density at radius 3 is 1.38 bits per heavy atom. The Bertz CT molecular complexity index is 1080. The van der Waals surface area contributed by atoms with E-state index in [9.17, 15) is 0 Å². The number of benzene rings is 3. The quantitative estimate of drug-likeness (QED) is 0.256. The van der Waals surface area contributed by atoms with Crippen molar-refractivity contribution in [2.75, 3.05) is 43.5 Å². The van der Waals surface area contributed by atoms with Crippen LogP contribution in [-0.2, 0) is 0 Å². The number of nitriles is 1. The Labute approximate surface area is 203 Å². The lowest BCUT2D eigenvalue weighted by Crippen LogP contribution is -2.19. The highest BCUT2D eigenvalue weighted by Gasteiger charge is 2.01. The van der Waals surface area contributed by atoms with E-state index in [1.807, 2.05) is 14.1 Å². The molecule has 3 aromatic rings. The van der Waals surface area contributed by atoms with E-state index in [4.69, 9.17) is 11.8 Å². The maximum absolute atomic E-state index is 8.73. The summed E-state index contributed by atoms with van der Waals surface area (Å²) in [5.41, 5.74) is 6.83. The second kappa shape index (κ2) is 12.7. The van der Waals surface area contributed by atoms with E-state index in [1.165, 1.54) is 0 Å². The molecule has 3 aromatic carbocycles. The molecule has 0 aliphatic rings. The molecule has 0 aliphatic carbocycles. The lowest BCUT2D eigenvalue weighted by atomic mass is 10.1. The second-order valence-electron chi connectivity index (χ2n) is 8.15. The minimum absolute atomic E-state index is 0.511. The zero-order valence-electron chi connectivity index (χ0n) is 19.9. The minimum atomic E-state index is 0.511. The fourth-order valence-electron chi connectivity index (χ4n) is 3.46. The minimum Gasteiger partial charge on any atom is -0.374 e. The van der Waals surface area contributed by atoms with Crippen LogP contribution in [-0.4, -0.2) is 33.7 Å². The highest BCUT2D eigenvalue weighted by molar-refractivity contribution is 5.73. The van der Waals surface area contributed by atoms with Gasteiger partial charge in [0.2, 0.25) is 6.54 Å². The van der Waals surface area contributed by atoms with Gasteiger partial charge in [-0.2, -0.15) is 5.26 Å². The highest BCUT2D eigenvalue weighted by Crippen LogP contribution is 2.18. The molecule has 3 rings (SSSR count). The molecule has 0 radical (unpaired) electrons. The topological polar surface area (TPSA) is 34.6 Å². The van der Waals surface area contributed by atoms with Crippen LogP contribution < -0.4 is 9.80 Å². The molecule has 0 N–H and O–H groups in total. The van der Waals surface area contributed by atoms with Crippen LogP contribution in [0.15, 0.2) is 72.8 Å². The van der Waals surface area contributed by atoms with Gasteiger partial charge in [-0.15, -0.1) is 0 Å². The Morgan fingerprint density at radius 1 is 0.676 bits per heavy atom. The number of hydrogen-bond acceptors (Lipinski definition) is 3. The van der Waals surface area contributed by atoms with Crippen LogP contribution in [0.1, 0.15) is 28.7 Å². The number of nitrogens with zero attached hydrogens (tertiary/aromatic N) is 4. The monoisotopic (exact) mass is 446 g/mol. The summed E-state index contributed by atoms with van der Waals surface area (Å²) in [6.45, 7) is 8.91. The van der Waals surface area contributed by atoms with E-state index >= 15 is 0 Å². The Hall–Kier alpha value is -4.28. The fraction of sp³-hybridized carbons (Fsp3) is 0.200. The molecule has 0 unspecified atom stereocenters. The summed E-state index contributed by atoms with van der Waals surface area (Å²) >= 11 is 0. The summed E-state index contributed by atoms with van der Waals surface area (Å²) in [5, 5.41) is 8.73. The summed E-state index contributed by atoms with van der Waals surface area (Å²) in [7, 11) is 4.02. The Balaban J connectivity index is 1.56. The van der Waals surface area contributed by atoms with Crippen molar-refractivity contribution in [2.24, 2.45) is 0 Å². The standard InChI is InChI=1S/C30H30N4/c1-32-22-24-34(3)30-19-15-28(16-20-30)12-10-26-7-5-25(6-8-26)9-11-27-13-17-29(18-14-27)33(2)23-4-21-31/h5-20H,4,22-24H2,2-3H3. The van der Waals surface area contributed by atoms with Gasteiger partial charge in [-0.3, -0.25) is 0 Å². The van der Waals surface area contributed by atoms with Gasteiger partial charge in [-0.05, 0) is 46.5 Å². The van der Waals surface area contributed by atoms with Crippen molar-refractivity contribution >= 4 is 35.7 Å². The van der Waals surface area contributed by atoms with Crippen LogP contribution >= 0.6 is 0 Å². The molecule has 0 amide bonds. The molecular formula is C30H30N4. The van der Waals surface area contributed by atoms with Crippen molar-refractivity contribution in [3.63, 3.8) is 0 Å². The van der Waals surface area contributed by atoms with Crippen molar-refractivity contribution in [1.82, 2.24) is 0 Å². The van der Waals surface area contributed by atoms with Gasteiger partial charge < -0.3 is 14.6 Å². The maximum Gasteiger partial charge on any atom is 0.231 e. The molecule has 170 valence electrons. The normalized spacial score (nSPS) is 10.8. The number of rotatable bonds is 10. The summed E-state index contributed by atoms with van der Waals surface area (Å²) < 4.78 is 0. The second-order valence-corrected chi connectivity index (χ2v) is 8.15. The van der Waals surface area contributed by atoms with Gasteiger partial charge in [-0.25, -0.2) is 6.57 Å². The molecule has 0 heterocycles. The maximum atomic E-state index is 8.73. The van der Waals surface area contributed by atoms with E-state index in [0.29, 0.717) is 13.0 Å². The summed E-state index contributed by atoms with van der Waals surface area (Å²) in [4.78, 5) is 7.60. The average Bonchev–Trinajstić information content (AvgIpc) is 2.89. The van der Waals surface area contributed by atoms with E-state index < -0.39 is 0 Å². The first-order valence-electron chi connectivity index (χ1n) is 11.4. The summed E-state index contributed by atoms with van der Waals surface area (Å²) in [5.74, 6) is 0. The summed E-state index contributed by atoms with van der Waals surface area (Å²) in [6, 6.07) is 27.4. The molecule has 4 heteroatoms. The molecule has 0 spiro atoms. The first kappa shape index (κ1) is 24.4. The third kappa shape index (κ3) is 7.40. The zero-order chi connectivity index (χ0) is 24.2. The molecule has 0 saturated heterocycles. The molecule has 0 atom stereocenters. The fourth-order valence-corrected chi connectivity index (χ4v) is 3.46. The van der Waals surface area contributed by atoms with E-state index in [0.717, 1.165) is 46.7 Å². The third-order valence-electron chi connectivity index (χ3n) is 5.65. The lowest BCUT2D eigenvalue weighted by Gasteiger charge is -2.17. The van der Waals surface area contributed by atoms with Crippen LogP contribution in [0.25, 0.3) is 29.1 Å². The van der Waals surface area contributed by atoms with Gasteiger partial charge in [0.25, 0.3) is 0 Å². The smallest absolute Gasteiger partial charge is 0.231 e. The molecule has 4 nitrogen and oxygen atoms in total. The largest absolute Gasteiger partial charge is 0.374 e. The van der Waals surface area contributed by atoms with Crippen LogP contribution in [0.4, 0.5) is 11.4 Å². The van der Waals surface area contributed by atoms with Crippen LogP contribution in [0.5, 0.6) is 0 Å². The van der Waals surface area contributed by atoms with Gasteiger partial charge in [0, 0.05) is 32.0 Å². The van der Waals surface area contributed by atoms with Crippen molar-refractivity contribution < 1.29 is 0 Å². The zero-order valence-corrected chi connectivity index (χ0v) is 19.9. The SMILES string of the molecule is [C-]#[N+]CCN(C)c1ccc(C=Cc2ccc(C=Cc3ccc(N(C)CCC#N)cc3)cc2)cc1. The number of hydrogen-bond donors (Lipinski definition) is 0. The van der Waals surface area contributed by atoms with E-state index in [1.54, 1.807) is 0 Å². The van der Waals surface area contributed by atoms with Crippen LogP contribution in [0, 0.1) is 17.9 Å². The molecule has 0 bridgehead atoms. The van der Waals surface area contributed by atoms with E-state index in [-0.39, 0.29) is 0 Å². The van der Waals surface area contributed by atoms with Gasteiger partial charge in [-0.1, -0.05) is 72.8 Å². The van der Waals surface area contributed by atoms with Gasteiger partial charge in [0.15, 0.2) is 0 Å². The molecule has 0 aliphatic heterocycles. The Kier molecular flexibility index (Phi) is 9.09. The molecule has 0 aromatic heterocycles. The number of anilines is 2. The van der Waals surface area contributed by atoms with Gasteiger partial charge >= 0.3 is 0 Å². The predicted molar refractivity (Wildman–Crippen MR) is 145 cm³/mol. The highest BCUT2D eigenvalue weighted by atomic mass is 15.1. The summed E-state index contributed by atoms with van der Waals surface area (Å²) in [6.07, 6.45) is 8.99. The average molecular weight is 447 g/mol. The van der Waals surface area contributed by atoms with Gasteiger partial charge in [0.05, 0.1) is 19.0 Å². The van der Waals surface area contributed by atoms with E-state index in [2.05, 4.69) is 118 Å². The molecule has 0 saturated carbocycles. The van der Waals surface area contributed by atoms with Crippen molar-refractivity contribution in [3.8, 4) is 6.07 Å². The molecule has 0 fully saturated rings. The lowest BCUT2D eigenvalue weighted by molar-refractivity contribution is 0.905. The van der Waals surface area contributed by atoms with Crippen molar-refractivity contribution in [2.45, 2.75) is 6.42 Å². The third-order valence-corrected chi connectivity index (χ3v) is 5.65. The molecule has 34 heavy (non-hydrogen) atoms. The van der Waals surface area contributed by atoms with Crippen LogP contribution in [0.2, 0.25) is 0 Å². The first-order valence-corrected chi connectivity index (χ1v) is 11.4. The van der Waals surface area contributed by atoms with Crippen LogP contribution in [0.3, 0.4) is 0 Å². The van der Waals surface area contributed by atoms with Crippen molar-refractivity contribution in [1.29, 1.82) is 5.26 Å². The van der Waals surface area contributed by atoms with Gasteiger partial charge in [0.1, 0.15) is 0 Å². The first-order chi connectivity index (χ1) is 16.6. The number of likely N-dealkylation sites (N-methyl/N-ethyl adjacent to an activating group) is 1. The predicted octanol–water partition coefficient (Wildman–Crippen LogP) is 6.73. The van der Waals surface area contributed by atoms with Crippen molar-refractivity contribution in [3.05, 3.63) is 106 Å². The molecular weight excluding hydrogens is 416 g/mol. The Morgan fingerprint density at radius 2 is 1.03 bits per heavy atom.